The highest BCUT2D eigenvalue weighted by Gasteiger charge is 2.21. The zero-order valence-electron chi connectivity index (χ0n) is 19.2. The van der Waals surface area contributed by atoms with E-state index in [4.69, 9.17) is 0 Å². The van der Waals surface area contributed by atoms with Crippen molar-refractivity contribution in [2.24, 2.45) is 0 Å². The third-order valence-electron chi connectivity index (χ3n) is 5.36. The average molecular weight is 457 g/mol. The Bertz CT molecular complexity index is 1240. The molecule has 0 saturated heterocycles. The van der Waals surface area contributed by atoms with E-state index in [9.17, 15) is 4.79 Å². The van der Waals surface area contributed by atoms with E-state index in [0.29, 0.717) is 0 Å². The Morgan fingerprint density at radius 1 is 0.970 bits per heavy atom. The lowest BCUT2D eigenvalue weighted by Gasteiger charge is -2.15. The third kappa shape index (κ3) is 5.34. The van der Waals surface area contributed by atoms with Gasteiger partial charge in [-0.05, 0) is 38.0 Å². The van der Waals surface area contributed by atoms with Gasteiger partial charge in [-0.15, -0.1) is 10.2 Å². The molecule has 0 aliphatic carbocycles. The number of hydrogen-bond acceptors (Lipinski definition) is 4. The molecule has 0 aliphatic rings. The largest absolute Gasteiger partial charge is 0.325 e. The highest BCUT2D eigenvalue weighted by molar-refractivity contribution is 8.00. The molecule has 3 aromatic carbocycles. The van der Waals surface area contributed by atoms with Gasteiger partial charge in [-0.3, -0.25) is 4.79 Å². The first-order valence-corrected chi connectivity index (χ1v) is 12.1. The van der Waals surface area contributed by atoms with Gasteiger partial charge in [-0.25, -0.2) is 0 Å². The molecule has 1 unspecified atom stereocenters. The van der Waals surface area contributed by atoms with Crippen LogP contribution in [0.5, 0.6) is 0 Å². The molecule has 4 aromatic rings. The van der Waals surface area contributed by atoms with Gasteiger partial charge in [0.2, 0.25) is 5.91 Å². The topological polar surface area (TPSA) is 59.8 Å². The standard InChI is InChI=1S/C27H28N4OS/c1-4-17-31-25(22-14-10-11-19(2)18-22)29-30-27(31)33-20(3)26(32)28-24-16-9-8-15-23(24)21-12-6-5-7-13-21/h5-16,18,20H,4,17H2,1-3H3,(H,28,32). The third-order valence-corrected chi connectivity index (χ3v) is 6.44. The minimum atomic E-state index is -0.334. The lowest BCUT2D eigenvalue weighted by molar-refractivity contribution is -0.115. The van der Waals surface area contributed by atoms with Gasteiger partial charge in [0, 0.05) is 23.4 Å². The first-order valence-electron chi connectivity index (χ1n) is 11.2. The number of benzene rings is 3. The lowest BCUT2D eigenvalue weighted by Crippen LogP contribution is -2.23. The minimum Gasteiger partial charge on any atom is -0.325 e. The summed E-state index contributed by atoms with van der Waals surface area (Å²) in [5.41, 5.74) is 5.09. The molecule has 0 aliphatic heterocycles. The van der Waals surface area contributed by atoms with Gasteiger partial charge in [0.25, 0.3) is 0 Å². The van der Waals surface area contributed by atoms with Crippen molar-refractivity contribution in [3.63, 3.8) is 0 Å². The zero-order valence-corrected chi connectivity index (χ0v) is 20.0. The Kier molecular flexibility index (Phi) is 7.25. The van der Waals surface area contributed by atoms with Gasteiger partial charge in [-0.2, -0.15) is 0 Å². The van der Waals surface area contributed by atoms with Crippen LogP contribution < -0.4 is 5.32 Å². The van der Waals surface area contributed by atoms with Crippen molar-refractivity contribution in [2.75, 3.05) is 5.32 Å². The van der Waals surface area contributed by atoms with Crippen molar-refractivity contribution < 1.29 is 4.79 Å². The van der Waals surface area contributed by atoms with Gasteiger partial charge < -0.3 is 9.88 Å². The number of aromatic nitrogens is 3. The van der Waals surface area contributed by atoms with Crippen LogP contribution in [0.4, 0.5) is 5.69 Å². The Labute approximate surface area is 199 Å². The van der Waals surface area contributed by atoms with E-state index in [1.807, 2.05) is 73.7 Å². The second-order valence-electron chi connectivity index (χ2n) is 7.99. The van der Waals surface area contributed by atoms with Crippen molar-refractivity contribution in [2.45, 2.75) is 44.1 Å². The molecule has 1 heterocycles. The SMILES string of the molecule is CCCn1c(SC(C)C(=O)Nc2ccccc2-c2ccccc2)nnc1-c1cccc(C)c1. The Morgan fingerprint density at radius 3 is 2.45 bits per heavy atom. The second kappa shape index (κ2) is 10.5. The van der Waals surface area contributed by atoms with Gasteiger partial charge in [0.15, 0.2) is 11.0 Å². The molecule has 1 N–H and O–H groups in total. The number of rotatable bonds is 8. The average Bonchev–Trinajstić information content (AvgIpc) is 3.22. The summed E-state index contributed by atoms with van der Waals surface area (Å²) in [4.78, 5) is 13.1. The molecule has 33 heavy (non-hydrogen) atoms. The second-order valence-corrected chi connectivity index (χ2v) is 9.30. The predicted octanol–water partition coefficient (Wildman–Crippen LogP) is 6.45. The van der Waals surface area contributed by atoms with Crippen LogP contribution in [0.2, 0.25) is 0 Å². The number of aryl methyl sites for hydroxylation is 1. The van der Waals surface area contributed by atoms with Crippen LogP contribution in [0.25, 0.3) is 22.5 Å². The summed E-state index contributed by atoms with van der Waals surface area (Å²) in [5, 5.41) is 12.4. The van der Waals surface area contributed by atoms with Crippen molar-refractivity contribution in [3.05, 3.63) is 84.4 Å². The molecular weight excluding hydrogens is 428 g/mol. The summed E-state index contributed by atoms with van der Waals surface area (Å²) in [5.74, 6) is 0.775. The number of hydrogen-bond donors (Lipinski definition) is 1. The monoisotopic (exact) mass is 456 g/mol. The van der Waals surface area contributed by atoms with E-state index < -0.39 is 0 Å². The number of nitrogens with one attached hydrogen (secondary N) is 1. The highest BCUT2D eigenvalue weighted by Crippen LogP contribution is 2.30. The fraction of sp³-hybridized carbons (Fsp3) is 0.222. The highest BCUT2D eigenvalue weighted by atomic mass is 32.2. The van der Waals surface area contributed by atoms with Crippen molar-refractivity contribution >= 4 is 23.4 Å². The summed E-state index contributed by atoms with van der Waals surface area (Å²) in [6.45, 7) is 6.90. The van der Waals surface area contributed by atoms with Gasteiger partial charge in [0.1, 0.15) is 0 Å². The lowest BCUT2D eigenvalue weighted by atomic mass is 10.0. The Hall–Kier alpha value is -3.38. The molecule has 6 heteroatoms. The van der Waals surface area contributed by atoms with Crippen molar-refractivity contribution in [1.29, 1.82) is 0 Å². The number of anilines is 1. The minimum absolute atomic E-state index is 0.0634. The Balaban J connectivity index is 1.54. The number of carbonyl (C=O) groups excluding carboxylic acids is 1. The van der Waals surface area contributed by atoms with Crippen LogP contribution in [0.15, 0.2) is 84.0 Å². The normalized spacial score (nSPS) is 11.8. The number of nitrogens with zero attached hydrogens (tertiary/aromatic N) is 3. The molecule has 0 fully saturated rings. The van der Waals surface area contributed by atoms with E-state index in [1.54, 1.807) is 0 Å². The maximum absolute atomic E-state index is 13.1. The van der Waals surface area contributed by atoms with Crippen molar-refractivity contribution in [3.8, 4) is 22.5 Å². The Morgan fingerprint density at radius 2 is 1.70 bits per heavy atom. The molecule has 0 radical (unpaired) electrons. The number of para-hydroxylation sites is 1. The van der Waals surface area contributed by atoms with E-state index in [-0.39, 0.29) is 11.2 Å². The molecule has 0 spiro atoms. The van der Waals surface area contributed by atoms with E-state index in [1.165, 1.54) is 17.3 Å². The summed E-state index contributed by atoms with van der Waals surface area (Å²) < 4.78 is 2.11. The number of thioether (sulfide) groups is 1. The predicted molar refractivity (Wildman–Crippen MR) is 136 cm³/mol. The maximum Gasteiger partial charge on any atom is 0.237 e. The summed E-state index contributed by atoms with van der Waals surface area (Å²) in [6, 6.07) is 26.2. The molecular formula is C27H28N4OS. The number of carbonyl (C=O) groups is 1. The molecule has 0 saturated carbocycles. The molecule has 4 rings (SSSR count). The van der Waals surface area contributed by atoms with Gasteiger partial charge in [0.05, 0.1) is 5.25 Å². The fourth-order valence-corrected chi connectivity index (χ4v) is 4.58. The van der Waals surface area contributed by atoms with Crippen LogP contribution in [0.1, 0.15) is 25.8 Å². The van der Waals surface area contributed by atoms with Crippen LogP contribution in [0.3, 0.4) is 0 Å². The quantitative estimate of drug-likeness (QED) is 0.310. The van der Waals surface area contributed by atoms with E-state index in [0.717, 1.165) is 46.3 Å². The molecule has 168 valence electrons. The molecule has 1 atom stereocenters. The molecule has 1 aromatic heterocycles. The van der Waals surface area contributed by atoms with Crippen LogP contribution in [-0.4, -0.2) is 25.9 Å². The first-order chi connectivity index (χ1) is 16.1. The van der Waals surface area contributed by atoms with Crippen LogP contribution in [0, 0.1) is 6.92 Å². The van der Waals surface area contributed by atoms with E-state index in [2.05, 4.69) is 46.1 Å². The number of amides is 1. The van der Waals surface area contributed by atoms with Gasteiger partial charge >= 0.3 is 0 Å². The summed E-state index contributed by atoms with van der Waals surface area (Å²) >= 11 is 1.44. The molecule has 5 nitrogen and oxygen atoms in total. The first kappa shape index (κ1) is 22.8. The molecule has 0 bridgehead atoms. The molecule has 1 amide bonds. The van der Waals surface area contributed by atoms with Crippen molar-refractivity contribution in [1.82, 2.24) is 14.8 Å². The fourth-order valence-electron chi connectivity index (χ4n) is 3.71. The maximum atomic E-state index is 13.1. The zero-order chi connectivity index (χ0) is 23.2. The van der Waals surface area contributed by atoms with Gasteiger partial charge in [-0.1, -0.05) is 91.0 Å². The van der Waals surface area contributed by atoms with Crippen LogP contribution >= 0.6 is 11.8 Å². The van der Waals surface area contributed by atoms with E-state index >= 15 is 0 Å². The van der Waals surface area contributed by atoms with Crippen LogP contribution in [-0.2, 0) is 11.3 Å². The summed E-state index contributed by atoms with van der Waals surface area (Å²) in [6.07, 6.45) is 0.954. The smallest absolute Gasteiger partial charge is 0.237 e. The summed E-state index contributed by atoms with van der Waals surface area (Å²) in [7, 11) is 0.